The molecule has 0 bridgehead atoms. The molecule has 0 heterocycles. The fourth-order valence-corrected chi connectivity index (χ4v) is 3.89. The van der Waals surface area contributed by atoms with E-state index in [1.54, 1.807) is 56.5 Å². The van der Waals surface area contributed by atoms with Gasteiger partial charge in [0.1, 0.15) is 5.75 Å². The van der Waals surface area contributed by atoms with Crippen LogP contribution in [-0.2, 0) is 9.84 Å². The third-order valence-corrected chi connectivity index (χ3v) is 5.28. The first kappa shape index (κ1) is 15.5. The molecule has 2 N–H and O–H groups in total. The first-order chi connectivity index (χ1) is 9.94. The largest absolute Gasteiger partial charge is 0.497 e. The van der Waals surface area contributed by atoms with E-state index >= 15 is 0 Å². The predicted octanol–water partition coefficient (Wildman–Crippen LogP) is 2.48. The molecule has 0 radical (unpaired) electrons. The highest BCUT2D eigenvalue weighted by molar-refractivity contribution is 7.91. The minimum Gasteiger partial charge on any atom is -0.497 e. The Labute approximate surface area is 125 Å². The van der Waals surface area contributed by atoms with E-state index in [-0.39, 0.29) is 5.75 Å². The van der Waals surface area contributed by atoms with Crippen molar-refractivity contribution in [3.63, 3.8) is 0 Å². The third kappa shape index (κ3) is 3.62. The lowest BCUT2D eigenvalue weighted by Crippen LogP contribution is -2.22. The third-order valence-electron chi connectivity index (χ3n) is 3.35. The number of hydrogen-bond acceptors (Lipinski definition) is 4. The summed E-state index contributed by atoms with van der Waals surface area (Å²) in [7, 11) is -1.86. The fourth-order valence-electron chi connectivity index (χ4n) is 2.20. The Hall–Kier alpha value is -1.85. The molecule has 2 aromatic rings. The second-order valence-corrected chi connectivity index (χ2v) is 6.93. The van der Waals surface area contributed by atoms with E-state index in [9.17, 15) is 8.42 Å². The van der Waals surface area contributed by atoms with Crippen LogP contribution in [-0.4, -0.2) is 21.3 Å². The molecule has 0 aliphatic rings. The number of hydrogen-bond donors (Lipinski definition) is 1. The maximum Gasteiger partial charge on any atom is 0.180 e. The average molecular weight is 305 g/mol. The van der Waals surface area contributed by atoms with E-state index in [1.165, 1.54) is 0 Å². The summed E-state index contributed by atoms with van der Waals surface area (Å²) in [6.45, 7) is 1.78. The van der Waals surface area contributed by atoms with E-state index in [4.69, 9.17) is 10.5 Å². The zero-order chi connectivity index (χ0) is 15.5. The van der Waals surface area contributed by atoms with Gasteiger partial charge in [0.2, 0.25) is 0 Å². The van der Waals surface area contributed by atoms with Crippen molar-refractivity contribution in [1.82, 2.24) is 0 Å². The highest BCUT2D eigenvalue weighted by Crippen LogP contribution is 2.23. The van der Waals surface area contributed by atoms with Crippen molar-refractivity contribution in [3.05, 3.63) is 59.7 Å². The molecule has 1 unspecified atom stereocenters. The summed E-state index contributed by atoms with van der Waals surface area (Å²) in [5.74, 6) is 0.529. The van der Waals surface area contributed by atoms with Gasteiger partial charge in [0.25, 0.3) is 0 Å². The van der Waals surface area contributed by atoms with Gasteiger partial charge in [0, 0.05) is 6.04 Å². The number of ether oxygens (including phenoxy) is 1. The number of rotatable bonds is 5. The number of sulfone groups is 1. The zero-order valence-electron chi connectivity index (χ0n) is 12.1. The van der Waals surface area contributed by atoms with E-state index < -0.39 is 15.9 Å². The smallest absolute Gasteiger partial charge is 0.180 e. The lowest BCUT2D eigenvalue weighted by Gasteiger charge is -2.14. The molecule has 0 aromatic heterocycles. The first-order valence-corrected chi connectivity index (χ1v) is 8.27. The first-order valence-electron chi connectivity index (χ1n) is 6.62. The van der Waals surface area contributed by atoms with Crippen LogP contribution in [0.2, 0.25) is 0 Å². The van der Waals surface area contributed by atoms with Crippen molar-refractivity contribution in [2.75, 3.05) is 12.9 Å². The standard InChI is InChI=1S/C16H19NO3S/c1-12-6-3-4-9-16(12)21(18,19)11-15(17)13-7-5-8-14(10-13)20-2/h3-10,15H,11,17H2,1-2H3. The molecule has 0 saturated heterocycles. The molecule has 0 fully saturated rings. The van der Waals surface area contributed by atoms with E-state index in [0.29, 0.717) is 10.6 Å². The highest BCUT2D eigenvalue weighted by atomic mass is 32.2. The highest BCUT2D eigenvalue weighted by Gasteiger charge is 2.21. The van der Waals surface area contributed by atoms with Crippen LogP contribution in [0.5, 0.6) is 5.75 Å². The molecular formula is C16H19NO3S. The van der Waals surface area contributed by atoms with Crippen molar-refractivity contribution in [2.24, 2.45) is 5.73 Å². The van der Waals surface area contributed by atoms with Crippen LogP contribution in [0, 0.1) is 6.92 Å². The van der Waals surface area contributed by atoms with Crippen molar-refractivity contribution in [2.45, 2.75) is 17.9 Å². The molecule has 0 spiro atoms. The van der Waals surface area contributed by atoms with Gasteiger partial charge in [-0.1, -0.05) is 30.3 Å². The minimum absolute atomic E-state index is 0.134. The summed E-state index contributed by atoms with van der Waals surface area (Å²) in [6, 6.07) is 13.5. The molecule has 5 heteroatoms. The van der Waals surface area contributed by atoms with Gasteiger partial charge in [0.05, 0.1) is 17.8 Å². The summed E-state index contributed by atoms with van der Waals surface area (Å²) in [5.41, 5.74) is 7.53. The lowest BCUT2D eigenvalue weighted by atomic mass is 10.1. The fraction of sp³-hybridized carbons (Fsp3) is 0.250. The van der Waals surface area contributed by atoms with Crippen LogP contribution in [0.1, 0.15) is 17.2 Å². The Bertz CT molecular complexity index is 726. The van der Waals surface area contributed by atoms with Crippen molar-refractivity contribution in [3.8, 4) is 5.75 Å². The van der Waals surface area contributed by atoms with E-state index in [2.05, 4.69) is 0 Å². The molecular weight excluding hydrogens is 286 g/mol. The maximum atomic E-state index is 12.5. The molecule has 2 aromatic carbocycles. The topological polar surface area (TPSA) is 69.4 Å². The van der Waals surface area contributed by atoms with Crippen LogP contribution >= 0.6 is 0 Å². The molecule has 21 heavy (non-hydrogen) atoms. The average Bonchev–Trinajstić information content (AvgIpc) is 2.47. The van der Waals surface area contributed by atoms with Crippen LogP contribution in [0.15, 0.2) is 53.4 Å². The van der Waals surface area contributed by atoms with Crippen LogP contribution in [0.25, 0.3) is 0 Å². The molecule has 0 saturated carbocycles. The Balaban J connectivity index is 2.26. The Morgan fingerprint density at radius 2 is 1.86 bits per heavy atom. The lowest BCUT2D eigenvalue weighted by molar-refractivity contribution is 0.414. The zero-order valence-corrected chi connectivity index (χ0v) is 12.9. The second-order valence-electron chi connectivity index (χ2n) is 4.93. The number of nitrogens with two attached hydrogens (primary N) is 1. The minimum atomic E-state index is -3.42. The number of methoxy groups -OCH3 is 1. The molecule has 0 amide bonds. The predicted molar refractivity (Wildman–Crippen MR) is 83.2 cm³/mol. The molecule has 0 aliphatic heterocycles. The van der Waals surface area contributed by atoms with E-state index in [0.717, 1.165) is 11.1 Å². The Morgan fingerprint density at radius 3 is 2.52 bits per heavy atom. The molecule has 2 rings (SSSR count). The normalized spacial score (nSPS) is 12.9. The Morgan fingerprint density at radius 1 is 1.14 bits per heavy atom. The summed E-state index contributed by atoms with van der Waals surface area (Å²) in [5, 5.41) is 0. The van der Waals surface area contributed by atoms with Gasteiger partial charge < -0.3 is 10.5 Å². The van der Waals surface area contributed by atoms with Gasteiger partial charge in [-0.15, -0.1) is 0 Å². The SMILES string of the molecule is COc1cccc(C(N)CS(=O)(=O)c2ccccc2C)c1. The van der Waals surface area contributed by atoms with Gasteiger partial charge in [-0.3, -0.25) is 0 Å². The maximum absolute atomic E-state index is 12.5. The molecule has 4 nitrogen and oxygen atoms in total. The van der Waals surface area contributed by atoms with Crippen molar-refractivity contribution >= 4 is 9.84 Å². The van der Waals surface area contributed by atoms with Gasteiger partial charge in [-0.05, 0) is 36.2 Å². The summed E-state index contributed by atoms with van der Waals surface area (Å²) >= 11 is 0. The van der Waals surface area contributed by atoms with E-state index in [1.807, 2.05) is 6.07 Å². The Kier molecular flexibility index (Phi) is 4.65. The summed E-state index contributed by atoms with van der Waals surface area (Å²) < 4.78 is 30.1. The second kappa shape index (κ2) is 6.28. The van der Waals surface area contributed by atoms with Gasteiger partial charge >= 0.3 is 0 Å². The van der Waals surface area contributed by atoms with Crippen LogP contribution in [0.3, 0.4) is 0 Å². The van der Waals surface area contributed by atoms with Crippen molar-refractivity contribution < 1.29 is 13.2 Å². The van der Waals surface area contributed by atoms with Crippen molar-refractivity contribution in [1.29, 1.82) is 0 Å². The number of aryl methyl sites for hydroxylation is 1. The number of benzene rings is 2. The van der Waals surface area contributed by atoms with Gasteiger partial charge in [0.15, 0.2) is 9.84 Å². The molecule has 112 valence electrons. The molecule has 0 aliphatic carbocycles. The van der Waals surface area contributed by atoms with Gasteiger partial charge in [-0.2, -0.15) is 0 Å². The van der Waals surface area contributed by atoms with Crippen LogP contribution < -0.4 is 10.5 Å². The summed E-state index contributed by atoms with van der Waals surface area (Å²) in [4.78, 5) is 0.336. The molecule has 1 atom stereocenters. The van der Waals surface area contributed by atoms with Gasteiger partial charge in [-0.25, -0.2) is 8.42 Å². The monoisotopic (exact) mass is 305 g/mol. The van der Waals surface area contributed by atoms with Crippen LogP contribution in [0.4, 0.5) is 0 Å². The quantitative estimate of drug-likeness (QED) is 0.921. The summed E-state index contributed by atoms with van der Waals surface area (Å²) in [6.07, 6.45) is 0.